The fourth-order valence-electron chi connectivity index (χ4n) is 2.40. The second kappa shape index (κ2) is 5.10. The van der Waals surface area contributed by atoms with E-state index in [2.05, 4.69) is 68.3 Å². The number of hydrogen-bond donors (Lipinski definition) is 0. The molecule has 0 nitrogen and oxygen atoms in total. The van der Waals surface area contributed by atoms with Crippen molar-refractivity contribution in [2.75, 3.05) is 0 Å². The summed E-state index contributed by atoms with van der Waals surface area (Å²) >= 11 is 0. The molecule has 0 saturated carbocycles. The van der Waals surface area contributed by atoms with Gasteiger partial charge < -0.3 is 0 Å². The van der Waals surface area contributed by atoms with Crippen molar-refractivity contribution in [1.29, 1.82) is 0 Å². The normalized spacial score (nSPS) is 11.2. The van der Waals surface area contributed by atoms with Gasteiger partial charge in [-0.1, -0.05) is 66.6 Å². The van der Waals surface area contributed by atoms with Gasteiger partial charge in [-0.2, -0.15) is 0 Å². The van der Waals surface area contributed by atoms with Crippen LogP contribution in [-0.4, -0.2) is 0 Å². The van der Waals surface area contributed by atoms with Crippen molar-refractivity contribution in [2.24, 2.45) is 5.41 Å². The molecule has 0 heteroatoms. The molecule has 2 aromatic rings. The zero-order chi connectivity index (χ0) is 13.0. The molecular formula is C18H18. The van der Waals surface area contributed by atoms with E-state index in [1.54, 1.807) is 0 Å². The Morgan fingerprint density at radius 2 is 1.22 bits per heavy atom. The minimum atomic E-state index is -0.206. The highest BCUT2D eigenvalue weighted by molar-refractivity contribution is 5.37. The first kappa shape index (κ1) is 12.5. The first-order valence-electron chi connectivity index (χ1n) is 6.23. The smallest absolute Gasteiger partial charge is 0.0364 e. The Bertz CT molecular complexity index is 490. The van der Waals surface area contributed by atoms with Crippen molar-refractivity contribution in [3.63, 3.8) is 0 Å². The van der Waals surface area contributed by atoms with Gasteiger partial charge >= 0.3 is 0 Å². The van der Waals surface area contributed by atoms with Gasteiger partial charge in [-0.05, 0) is 25.0 Å². The lowest BCUT2D eigenvalue weighted by atomic mass is 9.72. The van der Waals surface area contributed by atoms with Gasteiger partial charge in [-0.25, -0.2) is 0 Å². The van der Waals surface area contributed by atoms with Crippen molar-refractivity contribution in [3.8, 4) is 12.3 Å². The Morgan fingerprint density at radius 3 is 1.56 bits per heavy atom. The van der Waals surface area contributed by atoms with Crippen molar-refractivity contribution in [1.82, 2.24) is 0 Å². The largest absolute Gasteiger partial charge is 0.120 e. The van der Waals surface area contributed by atoms with Crippen LogP contribution in [0.5, 0.6) is 0 Å². The zero-order valence-corrected chi connectivity index (χ0v) is 10.9. The summed E-state index contributed by atoms with van der Waals surface area (Å²) in [4.78, 5) is 0. The van der Waals surface area contributed by atoms with E-state index in [4.69, 9.17) is 6.42 Å². The maximum atomic E-state index is 5.73. The van der Waals surface area contributed by atoms with Crippen LogP contribution in [-0.2, 0) is 0 Å². The first-order valence-corrected chi connectivity index (χ1v) is 6.23. The van der Waals surface area contributed by atoms with E-state index in [0.717, 1.165) is 0 Å². The van der Waals surface area contributed by atoms with Gasteiger partial charge in [-0.3, -0.25) is 0 Å². The topological polar surface area (TPSA) is 0 Å². The van der Waals surface area contributed by atoms with Crippen LogP contribution in [0.3, 0.4) is 0 Å². The van der Waals surface area contributed by atoms with Crippen LogP contribution in [0.25, 0.3) is 0 Å². The fraction of sp³-hybridized carbons (Fsp3) is 0.222. The molecule has 0 aliphatic rings. The Hall–Kier alpha value is -2.00. The molecule has 0 aliphatic carbocycles. The number of terminal acetylenes is 1. The van der Waals surface area contributed by atoms with Gasteiger partial charge in [0.25, 0.3) is 0 Å². The molecule has 0 bridgehead atoms. The van der Waals surface area contributed by atoms with Gasteiger partial charge in [0.15, 0.2) is 0 Å². The minimum absolute atomic E-state index is 0.206. The SMILES string of the molecule is C#CC(C)(C)C(c1ccccc1)c1ccccc1. The molecule has 0 fully saturated rings. The quantitative estimate of drug-likeness (QED) is 0.687. The van der Waals surface area contributed by atoms with Gasteiger partial charge in [0.2, 0.25) is 0 Å². The van der Waals surface area contributed by atoms with Crippen LogP contribution >= 0.6 is 0 Å². The van der Waals surface area contributed by atoms with Crippen molar-refractivity contribution < 1.29 is 0 Å². The summed E-state index contributed by atoms with van der Waals surface area (Å²) in [5.74, 6) is 3.17. The second-order valence-electron chi connectivity index (χ2n) is 5.12. The predicted octanol–water partition coefficient (Wildman–Crippen LogP) is 4.48. The Kier molecular flexibility index (Phi) is 3.53. The molecule has 90 valence electrons. The summed E-state index contributed by atoms with van der Waals surface area (Å²) in [6.07, 6.45) is 5.73. The van der Waals surface area contributed by atoms with Gasteiger partial charge in [-0.15, -0.1) is 6.42 Å². The van der Waals surface area contributed by atoms with E-state index < -0.39 is 0 Å². The monoisotopic (exact) mass is 234 g/mol. The molecule has 0 amide bonds. The summed E-state index contributed by atoms with van der Waals surface area (Å²) in [5.41, 5.74) is 2.33. The predicted molar refractivity (Wildman–Crippen MR) is 77.3 cm³/mol. The molecule has 0 spiro atoms. The van der Waals surface area contributed by atoms with E-state index in [1.165, 1.54) is 11.1 Å². The first-order chi connectivity index (χ1) is 8.65. The van der Waals surface area contributed by atoms with Crippen LogP contribution in [0.2, 0.25) is 0 Å². The molecule has 0 heterocycles. The van der Waals surface area contributed by atoms with E-state index in [1.807, 2.05) is 12.1 Å². The van der Waals surface area contributed by atoms with E-state index in [-0.39, 0.29) is 11.3 Å². The molecule has 0 aliphatic heterocycles. The minimum Gasteiger partial charge on any atom is -0.120 e. The molecule has 0 atom stereocenters. The van der Waals surface area contributed by atoms with Crippen molar-refractivity contribution in [2.45, 2.75) is 19.8 Å². The van der Waals surface area contributed by atoms with E-state index >= 15 is 0 Å². The zero-order valence-electron chi connectivity index (χ0n) is 10.9. The van der Waals surface area contributed by atoms with Crippen LogP contribution in [0.4, 0.5) is 0 Å². The van der Waals surface area contributed by atoms with E-state index in [0.29, 0.717) is 0 Å². The van der Waals surface area contributed by atoms with Gasteiger partial charge in [0, 0.05) is 11.3 Å². The maximum absolute atomic E-state index is 5.73. The molecule has 0 N–H and O–H groups in total. The fourth-order valence-corrected chi connectivity index (χ4v) is 2.40. The third-order valence-electron chi connectivity index (χ3n) is 3.36. The van der Waals surface area contributed by atoms with Gasteiger partial charge in [0.05, 0.1) is 0 Å². The number of benzene rings is 2. The average Bonchev–Trinajstić information content (AvgIpc) is 2.41. The van der Waals surface area contributed by atoms with Crippen molar-refractivity contribution in [3.05, 3.63) is 71.8 Å². The summed E-state index contributed by atoms with van der Waals surface area (Å²) < 4.78 is 0. The number of rotatable bonds is 3. The molecule has 0 saturated heterocycles. The highest BCUT2D eigenvalue weighted by Crippen LogP contribution is 2.40. The summed E-state index contributed by atoms with van der Waals surface area (Å²) in [6.45, 7) is 4.25. The van der Waals surface area contributed by atoms with Crippen LogP contribution in [0, 0.1) is 17.8 Å². The third-order valence-corrected chi connectivity index (χ3v) is 3.36. The molecule has 0 unspecified atom stereocenters. The third kappa shape index (κ3) is 2.46. The summed E-state index contributed by atoms with van der Waals surface area (Å²) in [7, 11) is 0. The highest BCUT2D eigenvalue weighted by atomic mass is 14.3. The summed E-state index contributed by atoms with van der Waals surface area (Å²) in [5, 5.41) is 0. The van der Waals surface area contributed by atoms with Crippen molar-refractivity contribution >= 4 is 0 Å². The molecule has 0 aromatic heterocycles. The van der Waals surface area contributed by atoms with Crippen LogP contribution in [0.1, 0.15) is 30.9 Å². The lowest BCUT2D eigenvalue weighted by Gasteiger charge is -2.30. The molecule has 2 aromatic carbocycles. The molecule has 0 radical (unpaired) electrons. The molecule has 18 heavy (non-hydrogen) atoms. The highest BCUT2D eigenvalue weighted by Gasteiger charge is 2.30. The second-order valence-corrected chi connectivity index (χ2v) is 5.12. The van der Waals surface area contributed by atoms with E-state index in [9.17, 15) is 0 Å². The molecular weight excluding hydrogens is 216 g/mol. The van der Waals surface area contributed by atoms with Crippen LogP contribution in [0.15, 0.2) is 60.7 Å². The standard InChI is InChI=1S/C18H18/c1-4-18(2,3)17(15-11-7-5-8-12-15)16-13-9-6-10-14-16/h1,5-14,17H,2-3H3. The number of hydrogen-bond acceptors (Lipinski definition) is 0. The Labute approximate surface area is 110 Å². The Morgan fingerprint density at radius 1 is 0.833 bits per heavy atom. The Balaban J connectivity index is 2.53. The lowest BCUT2D eigenvalue weighted by molar-refractivity contribution is 0.437. The van der Waals surface area contributed by atoms with Crippen LogP contribution < -0.4 is 0 Å². The maximum Gasteiger partial charge on any atom is 0.0364 e. The lowest BCUT2D eigenvalue weighted by Crippen LogP contribution is -2.21. The van der Waals surface area contributed by atoms with Gasteiger partial charge in [0.1, 0.15) is 0 Å². The average molecular weight is 234 g/mol. The molecule has 2 rings (SSSR count). The summed E-state index contributed by atoms with van der Waals surface area (Å²) in [6, 6.07) is 20.9.